The minimum atomic E-state index is 0.273. The average molecular weight is 218 g/mol. The fourth-order valence-corrected chi connectivity index (χ4v) is 2.09. The van der Waals surface area contributed by atoms with Gasteiger partial charge in [-0.15, -0.1) is 0 Å². The number of amides is 1. The molecule has 3 nitrogen and oxygen atoms in total. The molecule has 1 aromatic carbocycles. The number of piperidine rings is 1. The Balaban J connectivity index is 2.02. The number of likely N-dealkylation sites (tertiary alicyclic amines) is 1. The summed E-state index contributed by atoms with van der Waals surface area (Å²) >= 11 is 0. The maximum atomic E-state index is 11.7. The van der Waals surface area contributed by atoms with Crippen LogP contribution < -0.4 is 5.73 Å². The summed E-state index contributed by atoms with van der Waals surface area (Å²) in [5.41, 5.74) is 7.54. The van der Waals surface area contributed by atoms with Gasteiger partial charge in [0, 0.05) is 25.2 Å². The second kappa shape index (κ2) is 4.56. The van der Waals surface area contributed by atoms with E-state index >= 15 is 0 Å². The molecule has 2 rings (SSSR count). The lowest BCUT2D eigenvalue weighted by molar-refractivity contribution is -0.135. The molecule has 1 aromatic rings. The molecule has 1 aliphatic heterocycles. The molecule has 16 heavy (non-hydrogen) atoms. The van der Waals surface area contributed by atoms with Crippen LogP contribution in [0.25, 0.3) is 0 Å². The van der Waals surface area contributed by atoms with Gasteiger partial charge in [-0.1, -0.05) is 19.1 Å². The quantitative estimate of drug-likeness (QED) is 0.772. The van der Waals surface area contributed by atoms with Crippen LogP contribution in [0.4, 0.5) is 5.69 Å². The van der Waals surface area contributed by atoms with E-state index in [2.05, 4.69) is 6.92 Å². The molecule has 0 saturated carbocycles. The Kier molecular flexibility index (Phi) is 3.13. The van der Waals surface area contributed by atoms with E-state index in [4.69, 9.17) is 5.73 Å². The molecule has 1 saturated heterocycles. The van der Waals surface area contributed by atoms with Gasteiger partial charge in [-0.3, -0.25) is 4.79 Å². The molecule has 1 amide bonds. The topological polar surface area (TPSA) is 46.3 Å². The first-order valence-corrected chi connectivity index (χ1v) is 5.77. The van der Waals surface area contributed by atoms with E-state index in [1.54, 1.807) is 0 Å². The number of carbonyl (C=O) groups excluding carboxylic acids is 1. The molecule has 2 N–H and O–H groups in total. The lowest BCUT2D eigenvalue weighted by atomic mass is 9.99. The summed E-state index contributed by atoms with van der Waals surface area (Å²) in [7, 11) is 0. The van der Waals surface area contributed by atoms with Crippen molar-refractivity contribution in [3.8, 4) is 0 Å². The Morgan fingerprint density at radius 3 is 2.75 bits per heavy atom. The standard InChI is InChI=1S/C13H18N2O/c1-10-2-7-13(16)15(8-10)9-11-3-5-12(14)6-4-11/h3-6,10H,2,7-9,14H2,1H3. The molecular weight excluding hydrogens is 200 g/mol. The Bertz CT molecular complexity index is 372. The number of hydrogen-bond acceptors (Lipinski definition) is 2. The zero-order valence-electron chi connectivity index (χ0n) is 9.65. The first-order chi connectivity index (χ1) is 7.65. The summed E-state index contributed by atoms with van der Waals surface area (Å²) in [5, 5.41) is 0. The molecule has 1 atom stereocenters. The minimum Gasteiger partial charge on any atom is -0.399 e. The molecule has 1 fully saturated rings. The van der Waals surface area contributed by atoms with Crippen molar-refractivity contribution in [2.24, 2.45) is 5.92 Å². The third-order valence-corrected chi connectivity index (χ3v) is 3.09. The molecule has 0 spiro atoms. The lowest BCUT2D eigenvalue weighted by Gasteiger charge is -2.30. The second-order valence-electron chi connectivity index (χ2n) is 4.66. The number of carbonyl (C=O) groups is 1. The van der Waals surface area contributed by atoms with Crippen molar-refractivity contribution < 1.29 is 4.79 Å². The summed E-state index contributed by atoms with van der Waals surface area (Å²) in [6.45, 7) is 3.79. The van der Waals surface area contributed by atoms with Gasteiger partial charge in [0.2, 0.25) is 5.91 Å². The molecule has 3 heteroatoms. The largest absolute Gasteiger partial charge is 0.399 e. The van der Waals surface area contributed by atoms with Crippen molar-refractivity contribution in [1.29, 1.82) is 0 Å². The molecule has 0 radical (unpaired) electrons. The van der Waals surface area contributed by atoms with Crippen molar-refractivity contribution in [3.05, 3.63) is 29.8 Å². The van der Waals surface area contributed by atoms with Crippen LogP contribution in [0.2, 0.25) is 0 Å². The maximum absolute atomic E-state index is 11.7. The first-order valence-electron chi connectivity index (χ1n) is 5.77. The van der Waals surface area contributed by atoms with Crippen molar-refractivity contribution in [2.75, 3.05) is 12.3 Å². The van der Waals surface area contributed by atoms with Gasteiger partial charge in [-0.2, -0.15) is 0 Å². The summed E-state index contributed by atoms with van der Waals surface area (Å²) in [6.07, 6.45) is 1.72. The lowest BCUT2D eigenvalue weighted by Crippen LogP contribution is -2.38. The number of anilines is 1. The molecule has 0 aliphatic carbocycles. The van der Waals surface area contributed by atoms with Crippen LogP contribution in [0, 0.1) is 5.92 Å². The number of rotatable bonds is 2. The Labute approximate surface area is 96.2 Å². The minimum absolute atomic E-state index is 0.273. The zero-order chi connectivity index (χ0) is 11.5. The first kappa shape index (κ1) is 11.0. The third kappa shape index (κ3) is 2.54. The number of benzene rings is 1. The highest BCUT2D eigenvalue weighted by Crippen LogP contribution is 2.19. The number of nitrogens with two attached hydrogens (primary N) is 1. The van der Waals surface area contributed by atoms with Gasteiger partial charge in [0.15, 0.2) is 0 Å². The molecule has 1 unspecified atom stereocenters. The average Bonchev–Trinajstić information content (AvgIpc) is 2.27. The van der Waals surface area contributed by atoms with Crippen LogP contribution in [-0.4, -0.2) is 17.4 Å². The van der Waals surface area contributed by atoms with E-state index in [0.29, 0.717) is 18.9 Å². The monoisotopic (exact) mass is 218 g/mol. The van der Waals surface area contributed by atoms with Crippen molar-refractivity contribution in [2.45, 2.75) is 26.3 Å². The molecule has 0 aromatic heterocycles. The predicted octanol–water partition coefficient (Wildman–Crippen LogP) is 2.03. The van der Waals surface area contributed by atoms with Crippen molar-refractivity contribution in [3.63, 3.8) is 0 Å². The Morgan fingerprint density at radius 1 is 1.38 bits per heavy atom. The van der Waals surface area contributed by atoms with Gasteiger partial charge in [-0.05, 0) is 30.0 Å². The van der Waals surface area contributed by atoms with Crippen LogP contribution in [-0.2, 0) is 11.3 Å². The summed E-state index contributed by atoms with van der Waals surface area (Å²) in [6, 6.07) is 7.74. The van der Waals surface area contributed by atoms with Crippen LogP contribution in [0.5, 0.6) is 0 Å². The second-order valence-corrected chi connectivity index (χ2v) is 4.66. The van der Waals surface area contributed by atoms with Gasteiger partial charge in [0.05, 0.1) is 0 Å². The molecule has 1 aliphatic rings. The van der Waals surface area contributed by atoms with E-state index < -0.39 is 0 Å². The van der Waals surface area contributed by atoms with Gasteiger partial charge >= 0.3 is 0 Å². The fraction of sp³-hybridized carbons (Fsp3) is 0.462. The van der Waals surface area contributed by atoms with Crippen molar-refractivity contribution in [1.82, 2.24) is 4.90 Å². The van der Waals surface area contributed by atoms with Gasteiger partial charge in [0.25, 0.3) is 0 Å². The van der Waals surface area contributed by atoms with E-state index in [1.807, 2.05) is 29.2 Å². The molecule has 1 heterocycles. The zero-order valence-corrected chi connectivity index (χ0v) is 9.65. The summed E-state index contributed by atoms with van der Waals surface area (Å²) in [5.74, 6) is 0.890. The third-order valence-electron chi connectivity index (χ3n) is 3.09. The highest BCUT2D eigenvalue weighted by molar-refractivity contribution is 5.76. The Hall–Kier alpha value is -1.51. The van der Waals surface area contributed by atoms with Gasteiger partial charge < -0.3 is 10.6 Å². The maximum Gasteiger partial charge on any atom is 0.222 e. The molecule has 86 valence electrons. The summed E-state index contributed by atoms with van der Waals surface area (Å²) < 4.78 is 0. The smallest absolute Gasteiger partial charge is 0.222 e. The number of nitrogens with zero attached hydrogens (tertiary/aromatic N) is 1. The van der Waals surface area contributed by atoms with Crippen LogP contribution >= 0.6 is 0 Å². The highest BCUT2D eigenvalue weighted by Gasteiger charge is 2.22. The fourth-order valence-electron chi connectivity index (χ4n) is 2.09. The van der Waals surface area contributed by atoms with Crippen molar-refractivity contribution >= 4 is 11.6 Å². The van der Waals surface area contributed by atoms with Crippen LogP contribution in [0.15, 0.2) is 24.3 Å². The van der Waals surface area contributed by atoms with Gasteiger partial charge in [-0.25, -0.2) is 0 Å². The predicted molar refractivity (Wildman–Crippen MR) is 64.7 cm³/mol. The summed E-state index contributed by atoms with van der Waals surface area (Å²) in [4.78, 5) is 13.7. The highest BCUT2D eigenvalue weighted by atomic mass is 16.2. The molecule has 0 bridgehead atoms. The van der Waals surface area contributed by atoms with E-state index in [1.165, 1.54) is 0 Å². The van der Waals surface area contributed by atoms with E-state index in [0.717, 1.165) is 24.2 Å². The van der Waals surface area contributed by atoms with E-state index in [9.17, 15) is 4.79 Å². The SMILES string of the molecule is CC1CCC(=O)N(Cc2ccc(N)cc2)C1. The number of hydrogen-bond donors (Lipinski definition) is 1. The molecular formula is C13H18N2O. The number of nitrogen functional groups attached to an aromatic ring is 1. The van der Waals surface area contributed by atoms with Crippen LogP contribution in [0.1, 0.15) is 25.3 Å². The Morgan fingerprint density at radius 2 is 2.06 bits per heavy atom. The van der Waals surface area contributed by atoms with Gasteiger partial charge in [0.1, 0.15) is 0 Å². The normalized spacial score (nSPS) is 21.2. The van der Waals surface area contributed by atoms with Crippen LogP contribution in [0.3, 0.4) is 0 Å². The van der Waals surface area contributed by atoms with E-state index in [-0.39, 0.29) is 5.91 Å².